The molecule has 0 bridgehead atoms. The van der Waals surface area contributed by atoms with Gasteiger partial charge < -0.3 is 9.47 Å². The first-order chi connectivity index (χ1) is 22.1. The van der Waals surface area contributed by atoms with Crippen molar-refractivity contribution in [1.82, 2.24) is 0 Å². The Morgan fingerprint density at radius 1 is 0.667 bits per heavy atom. The van der Waals surface area contributed by atoms with E-state index < -0.39 is 0 Å². The smallest absolute Gasteiger partial charge is 0.343 e. The summed E-state index contributed by atoms with van der Waals surface area (Å²) in [6, 6.07) is 21.5. The Labute approximate surface area is 278 Å². The molecule has 3 aromatic rings. The fourth-order valence-electron chi connectivity index (χ4n) is 6.66. The average Bonchev–Trinajstić information content (AvgIpc) is 3.07. The second-order valence-electron chi connectivity index (χ2n) is 13.1. The Bertz CT molecular complexity index is 1260. The molecule has 0 aromatic heterocycles. The van der Waals surface area contributed by atoms with Crippen LogP contribution in [0, 0.1) is 5.92 Å². The predicted octanol–water partition coefficient (Wildman–Crippen LogP) is 13.0. The first-order valence-electron chi connectivity index (χ1n) is 17.9. The zero-order valence-corrected chi connectivity index (χ0v) is 28.6. The molecule has 1 saturated carbocycles. The summed E-state index contributed by atoms with van der Waals surface area (Å²) < 4.78 is 11.6. The Balaban J connectivity index is 1.20. The minimum Gasteiger partial charge on any atom is -0.494 e. The maximum atomic E-state index is 12.9. The summed E-state index contributed by atoms with van der Waals surface area (Å²) in [7, 11) is 0. The third kappa shape index (κ3) is 11.8. The molecular formula is C41H55ClO3. The molecule has 0 saturated heterocycles. The van der Waals surface area contributed by atoms with Crippen LogP contribution in [0.25, 0.3) is 11.1 Å². The molecule has 1 aliphatic carbocycles. The van der Waals surface area contributed by atoms with Crippen LogP contribution in [0.1, 0.15) is 145 Å². The van der Waals surface area contributed by atoms with Crippen molar-refractivity contribution in [2.24, 2.45) is 5.92 Å². The van der Waals surface area contributed by atoms with E-state index in [9.17, 15) is 4.79 Å². The van der Waals surface area contributed by atoms with Crippen molar-refractivity contribution < 1.29 is 14.3 Å². The molecule has 3 nitrogen and oxygen atoms in total. The van der Waals surface area contributed by atoms with Gasteiger partial charge in [0.05, 0.1) is 12.2 Å². The van der Waals surface area contributed by atoms with Gasteiger partial charge in [-0.05, 0) is 97.0 Å². The van der Waals surface area contributed by atoms with Gasteiger partial charge in [-0.3, -0.25) is 0 Å². The summed E-state index contributed by atoms with van der Waals surface area (Å²) in [6.45, 7) is 5.29. The van der Waals surface area contributed by atoms with Crippen LogP contribution >= 0.6 is 11.6 Å². The SMILES string of the molecule is CCCCCCCCCOc1ccc(-c2ccc(OC(=O)c3ccc(C4CCC(CCCCCCC)CC4)c(Cl)c3)cc2)cc1. The van der Waals surface area contributed by atoms with E-state index in [2.05, 4.69) is 26.0 Å². The molecule has 0 N–H and O–H groups in total. The van der Waals surface area contributed by atoms with Gasteiger partial charge >= 0.3 is 5.97 Å². The van der Waals surface area contributed by atoms with Crippen LogP contribution in [0.2, 0.25) is 5.02 Å². The van der Waals surface area contributed by atoms with Gasteiger partial charge in [0.15, 0.2) is 0 Å². The highest BCUT2D eigenvalue weighted by atomic mass is 35.5. The van der Waals surface area contributed by atoms with E-state index >= 15 is 0 Å². The second-order valence-corrected chi connectivity index (χ2v) is 13.5. The quantitative estimate of drug-likeness (QED) is 0.0750. The van der Waals surface area contributed by atoms with Gasteiger partial charge in [-0.25, -0.2) is 4.79 Å². The van der Waals surface area contributed by atoms with Crippen LogP contribution in [-0.4, -0.2) is 12.6 Å². The zero-order chi connectivity index (χ0) is 31.7. The standard InChI is InChI=1S/C41H55ClO3/c1-3-5-7-9-10-12-14-30-44-37-25-20-33(21-26-37)34-22-27-38(28-23-34)45-41(43)36-24-29-39(40(42)31-36)35-18-16-32(17-19-35)15-13-11-8-6-4-2/h20-29,31-32,35H,3-19,30H2,1-2H3. The largest absolute Gasteiger partial charge is 0.494 e. The van der Waals surface area contributed by atoms with E-state index in [1.807, 2.05) is 48.5 Å². The molecule has 0 amide bonds. The normalized spacial score (nSPS) is 16.4. The first kappa shape index (κ1) is 35.1. The summed E-state index contributed by atoms with van der Waals surface area (Å²) in [5, 5.41) is 0.678. The number of carbonyl (C=O) groups is 1. The highest BCUT2D eigenvalue weighted by molar-refractivity contribution is 6.31. The first-order valence-corrected chi connectivity index (χ1v) is 18.3. The Kier molecular flexibility index (Phi) is 15.3. The molecule has 0 aliphatic heterocycles. The molecule has 4 rings (SSSR count). The Morgan fingerprint density at radius 3 is 1.82 bits per heavy atom. The number of carbonyl (C=O) groups excluding carboxylic acids is 1. The molecule has 0 unspecified atom stereocenters. The van der Waals surface area contributed by atoms with E-state index in [-0.39, 0.29) is 5.97 Å². The summed E-state index contributed by atoms with van der Waals surface area (Å²) in [6.07, 6.45) is 22.1. The summed E-state index contributed by atoms with van der Waals surface area (Å²) in [5.41, 5.74) is 3.82. The third-order valence-electron chi connectivity index (χ3n) is 9.51. The van der Waals surface area contributed by atoms with Crippen LogP contribution in [0.3, 0.4) is 0 Å². The van der Waals surface area contributed by atoms with Crippen molar-refractivity contribution >= 4 is 17.6 Å². The Hall–Kier alpha value is -2.78. The van der Waals surface area contributed by atoms with E-state index in [0.717, 1.165) is 35.8 Å². The number of hydrogen-bond acceptors (Lipinski definition) is 3. The molecule has 0 atom stereocenters. The molecule has 4 heteroatoms. The van der Waals surface area contributed by atoms with Gasteiger partial charge in [0, 0.05) is 5.02 Å². The Morgan fingerprint density at radius 2 is 1.22 bits per heavy atom. The molecule has 244 valence electrons. The summed E-state index contributed by atoms with van der Waals surface area (Å²) >= 11 is 6.72. The molecule has 45 heavy (non-hydrogen) atoms. The lowest BCUT2D eigenvalue weighted by Crippen LogP contribution is -2.14. The number of rotatable bonds is 19. The van der Waals surface area contributed by atoms with Crippen LogP contribution < -0.4 is 9.47 Å². The monoisotopic (exact) mass is 630 g/mol. The summed E-state index contributed by atoms with van der Waals surface area (Å²) in [5.74, 6) is 2.38. The lowest BCUT2D eigenvalue weighted by Gasteiger charge is -2.29. The second kappa shape index (κ2) is 19.7. The predicted molar refractivity (Wildman–Crippen MR) is 190 cm³/mol. The number of esters is 1. The topological polar surface area (TPSA) is 35.5 Å². The molecule has 0 radical (unpaired) electrons. The van der Waals surface area contributed by atoms with Crippen molar-refractivity contribution in [2.45, 2.75) is 129 Å². The average molecular weight is 631 g/mol. The maximum absolute atomic E-state index is 12.9. The van der Waals surface area contributed by atoms with E-state index in [1.54, 1.807) is 6.07 Å². The highest BCUT2D eigenvalue weighted by Crippen LogP contribution is 2.40. The molecule has 0 heterocycles. The van der Waals surface area contributed by atoms with E-state index in [1.165, 1.54) is 108 Å². The van der Waals surface area contributed by atoms with Crippen LogP contribution in [-0.2, 0) is 0 Å². The summed E-state index contributed by atoms with van der Waals surface area (Å²) in [4.78, 5) is 12.9. The maximum Gasteiger partial charge on any atom is 0.343 e. The third-order valence-corrected chi connectivity index (χ3v) is 9.84. The van der Waals surface area contributed by atoms with Gasteiger partial charge in [0.25, 0.3) is 0 Å². The van der Waals surface area contributed by atoms with Crippen molar-refractivity contribution in [3.05, 3.63) is 82.9 Å². The van der Waals surface area contributed by atoms with Gasteiger partial charge in [-0.1, -0.05) is 133 Å². The van der Waals surface area contributed by atoms with Gasteiger partial charge in [0.1, 0.15) is 11.5 Å². The van der Waals surface area contributed by atoms with E-state index in [0.29, 0.717) is 22.3 Å². The molecule has 0 spiro atoms. The highest BCUT2D eigenvalue weighted by Gasteiger charge is 2.24. The van der Waals surface area contributed by atoms with Gasteiger partial charge in [-0.15, -0.1) is 0 Å². The van der Waals surface area contributed by atoms with Gasteiger partial charge in [0.2, 0.25) is 0 Å². The molecule has 1 fully saturated rings. The van der Waals surface area contributed by atoms with Crippen molar-refractivity contribution in [2.75, 3.05) is 6.61 Å². The minimum absolute atomic E-state index is 0.384. The molecule has 3 aromatic carbocycles. The lowest BCUT2D eigenvalue weighted by atomic mass is 9.77. The fourth-order valence-corrected chi connectivity index (χ4v) is 6.99. The molecule has 1 aliphatic rings. The number of unbranched alkanes of at least 4 members (excludes halogenated alkanes) is 10. The fraction of sp³-hybridized carbons (Fsp3) is 0.537. The number of ether oxygens (including phenoxy) is 2. The van der Waals surface area contributed by atoms with Crippen molar-refractivity contribution in [3.8, 4) is 22.6 Å². The van der Waals surface area contributed by atoms with Crippen molar-refractivity contribution in [1.29, 1.82) is 0 Å². The lowest BCUT2D eigenvalue weighted by molar-refractivity contribution is 0.0734. The van der Waals surface area contributed by atoms with Crippen molar-refractivity contribution in [3.63, 3.8) is 0 Å². The van der Waals surface area contributed by atoms with Crippen LogP contribution in [0.5, 0.6) is 11.5 Å². The van der Waals surface area contributed by atoms with Crippen LogP contribution in [0.4, 0.5) is 0 Å². The minimum atomic E-state index is -0.384. The van der Waals surface area contributed by atoms with E-state index in [4.69, 9.17) is 21.1 Å². The van der Waals surface area contributed by atoms with Crippen LogP contribution in [0.15, 0.2) is 66.7 Å². The zero-order valence-electron chi connectivity index (χ0n) is 27.8. The number of halogens is 1. The number of benzene rings is 3. The molecular weight excluding hydrogens is 576 g/mol. The van der Waals surface area contributed by atoms with Gasteiger partial charge in [-0.2, -0.15) is 0 Å². The number of hydrogen-bond donors (Lipinski definition) is 0.